The minimum atomic E-state index is -0.695. The summed E-state index contributed by atoms with van der Waals surface area (Å²) in [5, 5.41) is 2.72. The van der Waals surface area contributed by atoms with Gasteiger partial charge in [-0.15, -0.1) is 12.3 Å². The van der Waals surface area contributed by atoms with Crippen LogP contribution in [0.25, 0.3) is 11.1 Å². The number of nitrogens with one attached hydrogen (secondary N) is 1. The SMILES string of the molecule is C#CCCC[C@@H](NC(=O)c1ccc(-c2ccccc2)cc1)C(=O)OC. The predicted molar refractivity (Wildman–Crippen MR) is 97.8 cm³/mol. The molecular formula is C21H21NO3. The van der Waals surface area contributed by atoms with Gasteiger partial charge in [0.2, 0.25) is 0 Å². The number of hydrogen-bond acceptors (Lipinski definition) is 3. The van der Waals surface area contributed by atoms with Crippen LogP contribution in [0.2, 0.25) is 0 Å². The van der Waals surface area contributed by atoms with Crippen molar-refractivity contribution < 1.29 is 14.3 Å². The molecule has 1 atom stereocenters. The van der Waals surface area contributed by atoms with Gasteiger partial charge < -0.3 is 10.1 Å². The lowest BCUT2D eigenvalue weighted by Crippen LogP contribution is -2.41. The van der Waals surface area contributed by atoms with E-state index >= 15 is 0 Å². The number of esters is 1. The van der Waals surface area contributed by atoms with Crippen molar-refractivity contribution in [1.82, 2.24) is 5.32 Å². The summed E-state index contributed by atoms with van der Waals surface area (Å²) in [4.78, 5) is 24.2. The number of amides is 1. The van der Waals surface area contributed by atoms with Crippen LogP contribution in [-0.2, 0) is 9.53 Å². The molecule has 4 nitrogen and oxygen atoms in total. The topological polar surface area (TPSA) is 55.4 Å². The van der Waals surface area contributed by atoms with Gasteiger partial charge in [-0.25, -0.2) is 4.79 Å². The summed E-state index contributed by atoms with van der Waals surface area (Å²) in [6, 6.07) is 16.5. The second kappa shape index (κ2) is 9.29. The first-order valence-corrected chi connectivity index (χ1v) is 8.13. The van der Waals surface area contributed by atoms with Gasteiger partial charge >= 0.3 is 5.97 Å². The maximum absolute atomic E-state index is 12.4. The molecule has 0 saturated carbocycles. The second-order valence-corrected chi connectivity index (χ2v) is 5.59. The Morgan fingerprint density at radius 3 is 2.32 bits per heavy atom. The molecule has 0 aliphatic rings. The number of rotatable bonds is 7. The summed E-state index contributed by atoms with van der Waals surface area (Å²) in [7, 11) is 1.30. The van der Waals surface area contributed by atoms with Gasteiger partial charge in [0.1, 0.15) is 6.04 Å². The first-order valence-electron chi connectivity index (χ1n) is 8.13. The van der Waals surface area contributed by atoms with E-state index in [4.69, 9.17) is 11.2 Å². The Labute approximate surface area is 148 Å². The highest BCUT2D eigenvalue weighted by Crippen LogP contribution is 2.19. The minimum absolute atomic E-state index is 0.310. The summed E-state index contributed by atoms with van der Waals surface area (Å²) in [6.45, 7) is 0. The molecule has 1 amide bonds. The van der Waals surface area contributed by atoms with Gasteiger partial charge in [-0.1, -0.05) is 42.5 Å². The molecule has 4 heteroatoms. The summed E-state index contributed by atoms with van der Waals surface area (Å²) in [5.74, 6) is 1.75. The molecule has 0 radical (unpaired) electrons. The largest absolute Gasteiger partial charge is 0.467 e. The van der Waals surface area contributed by atoms with Crippen LogP contribution < -0.4 is 5.32 Å². The molecule has 0 aliphatic carbocycles. The number of hydrogen-bond donors (Lipinski definition) is 1. The monoisotopic (exact) mass is 335 g/mol. The lowest BCUT2D eigenvalue weighted by atomic mass is 10.0. The normalized spacial score (nSPS) is 11.2. The maximum Gasteiger partial charge on any atom is 0.328 e. The molecule has 0 bridgehead atoms. The highest BCUT2D eigenvalue weighted by Gasteiger charge is 2.21. The molecule has 0 fully saturated rings. The molecule has 1 N–H and O–H groups in total. The number of methoxy groups -OCH3 is 1. The number of carbonyl (C=O) groups excluding carboxylic acids is 2. The standard InChI is InChI=1S/C21H21NO3/c1-3-4-6-11-19(21(24)25-2)22-20(23)18-14-12-17(13-15-18)16-9-7-5-8-10-16/h1,5,7-10,12-15,19H,4,6,11H2,2H3,(H,22,23)/t19-/m1/s1. The van der Waals surface area contributed by atoms with Gasteiger partial charge in [-0.3, -0.25) is 4.79 Å². The van der Waals surface area contributed by atoms with Crippen molar-refractivity contribution in [3.63, 3.8) is 0 Å². The van der Waals surface area contributed by atoms with Crippen molar-refractivity contribution in [2.75, 3.05) is 7.11 Å². The molecule has 2 aromatic rings. The molecule has 2 aromatic carbocycles. The van der Waals surface area contributed by atoms with Crippen molar-refractivity contribution in [2.45, 2.75) is 25.3 Å². The smallest absolute Gasteiger partial charge is 0.328 e. The fourth-order valence-electron chi connectivity index (χ4n) is 2.49. The highest BCUT2D eigenvalue weighted by atomic mass is 16.5. The van der Waals surface area contributed by atoms with Crippen LogP contribution in [0.4, 0.5) is 0 Å². The number of benzene rings is 2. The minimum Gasteiger partial charge on any atom is -0.467 e. The molecule has 0 unspecified atom stereocenters. The zero-order valence-electron chi connectivity index (χ0n) is 14.2. The second-order valence-electron chi connectivity index (χ2n) is 5.59. The Morgan fingerprint density at radius 2 is 1.72 bits per heavy atom. The summed E-state index contributed by atoms with van der Waals surface area (Å²) in [6.07, 6.45) is 6.87. The third-order valence-electron chi connectivity index (χ3n) is 3.86. The van der Waals surface area contributed by atoms with Crippen LogP contribution in [0.15, 0.2) is 54.6 Å². The molecule has 0 aliphatic heterocycles. The van der Waals surface area contributed by atoms with E-state index in [0.29, 0.717) is 24.8 Å². The quantitative estimate of drug-likeness (QED) is 0.479. The van der Waals surface area contributed by atoms with Gasteiger partial charge in [0.25, 0.3) is 5.91 Å². The Kier molecular flexibility index (Phi) is 6.79. The van der Waals surface area contributed by atoms with E-state index in [9.17, 15) is 9.59 Å². The molecule has 0 saturated heterocycles. The first kappa shape index (κ1) is 18.3. The van der Waals surface area contributed by atoms with E-state index < -0.39 is 12.0 Å². The van der Waals surface area contributed by atoms with E-state index in [2.05, 4.69) is 11.2 Å². The Balaban J connectivity index is 2.05. The number of carbonyl (C=O) groups is 2. The average molecular weight is 335 g/mol. The third-order valence-corrected chi connectivity index (χ3v) is 3.86. The van der Waals surface area contributed by atoms with Crippen LogP contribution in [-0.4, -0.2) is 25.0 Å². The maximum atomic E-state index is 12.4. The van der Waals surface area contributed by atoms with Gasteiger partial charge in [0.05, 0.1) is 7.11 Å². The predicted octanol–water partition coefficient (Wildman–Crippen LogP) is 3.43. The zero-order valence-corrected chi connectivity index (χ0v) is 14.2. The van der Waals surface area contributed by atoms with Crippen molar-refractivity contribution in [2.24, 2.45) is 0 Å². The lowest BCUT2D eigenvalue weighted by molar-refractivity contribution is -0.143. The summed E-state index contributed by atoms with van der Waals surface area (Å²) < 4.78 is 4.75. The molecule has 0 spiro atoms. The van der Waals surface area contributed by atoms with Crippen molar-refractivity contribution in [3.05, 3.63) is 60.2 Å². The molecular weight excluding hydrogens is 314 g/mol. The third kappa shape index (κ3) is 5.22. The van der Waals surface area contributed by atoms with E-state index in [1.807, 2.05) is 42.5 Å². The zero-order chi connectivity index (χ0) is 18.1. The van der Waals surface area contributed by atoms with E-state index in [-0.39, 0.29) is 5.91 Å². The number of unbranched alkanes of at least 4 members (excludes halogenated alkanes) is 1. The van der Waals surface area contributed by atoms with Crippen molar-refractivity contribution in [1.29, 1.82) is 0 Å². The van der Waals surface area contributed by atoms with E-state index in [0.717, 1.165) is 11.1 Å². The van der Waals surface area contributed by atoms with Crippen LogP contribution in [0.5, 0.6) is 0 Å². The number of terminal acetylenes is 1. The van der Waals surface area contributed by atoms with E-state index in [1.54, 1.807) is 12.1 Å². The Morgan fingerprint density at radius 1 is 1.08 bits per heavy atom. The highest BCUT2D eigenvalue weighted by molar-refractivity contribution is 5.97. The summed E-state index contributed by atoms with van der Waals surface area (Å²) >= 11 is 0. The Hall–Kier alpha value is -3.06. The summed E-state index contributed by atoms with van der Waals surface area (Å²) in [5.41, 5.74) is 2.59. The molecule has 25 heavy (non-hydrogen) atoms. The van der Waals surface area contributed by atoms with Gasteiger partial charge in [0, 0.05) is 12.0 Å². The first-order chi connectivity index (χ1) is 12.2. The fourth-order valence-corrected chi connectivity index (χ4v) is 2.49. The van der Waals surface area contributed by atoms with Crippen molar-refractivity contribution >= 4 is 11.9 Å². The Bertz CT molecular complexity index is 745. The van der Waals surface area contributed by atoms with Crippen molar-refractivity contribution in [3.8, 4) is 23.5 Å². The van der Waals surface area contributed by atoms with Gasteiger partial charge in [0.15, 0.2) is 0 Å². The van der Waals surface area contributed by atoms with Crippen LogP contribution in [0.1, 0.15) is 29.6 Å². The molecule has 0 aromatic heterocycles. The molecule has 128 valence electrons. The van der Waals surface area contributed by atoms with Crippen LogP contribution >= 0.6 is 0 Å². The van der Waals surface area contributed by atoms with E-state index in [1.165, 1.54) is 7.11 Å². The number of ether oxygens (including phenoxy) is 1. The van der Waals surface area contributed by atoms with Crippen LogP contribution in [0.3, 0.4) is 0 Å². The lowest BCUT2D eigenvalue weighted by Gasteiger charge is -2.16. The van der Waals surface area contributed by atoms with Crippen LogP contribution in [0, 0.1) is 12.3 Å². The molecule has 0 heterocycles. The molecule has 2 rings (SSSR count). The van der Waals surface area contributed by atoms with Gasteiger partial charge in [-0.05, 0) is 36.1 Å². The fraction of sp³-hybridized carbons (Fsp3) is 0.238. The van der Waals surface area contributed by atoms with Gasteiger partial charge in [-0.2, -0.15) is 0 Å². The average Bonchev–Trinajstić information content (AvgIpc) is 2.67.